The second-order valence-corrected chi connectivity index (χ2v) is 3.69. The molecule has 0 fully saturated rings. The van der Waals surface area contributed by atoms with E-state index in [1.165, 1.54) is 0 Å². The zero-order valence-electron chi connectivity index (χ0n) is 9.26. The summed E-state index contributed by atoms with van der Waals surface area (Å²) in [6.07, 6.45) is 0. The van der Waals surface area contributed by atoms with Gasteiger partial charge in [-0.05, 0) is 24.1 Å². The van der Waals surface area contributed by atoms with Crippen LogP contribution in [-0.2, 0) is 0 Å². The SMILES string of the molecule is CNc1ccc(C#N)cc1C(=N)C(C)C. The van der Waals surface area contributed by atoms with Crippen molar-refractivity contribution in [3.05, 3.63) is 29.3 Å². The van der Waals surface area contributed by atoms with Crippen LogP contribution in [0.25, 0.3) is 0 Å². The van der Waals surface area contributed by atoms with Crippen molar-refractivity contribution < 1.29 is 0 Å². The van der Waals surface area contributed by atoms with Crippen LogP contribution in [0.2, 0.25) is 0 Å². The van der Waals surface area contributed by atoms with E-state index < -0.39 is 0 Å². The average molecular weight is 201 g/mol. The lowest BCUT2D eigenvalue weighted by molar-refractivity contribution is 0.878. The van der Waals surface area contributed by atoms with Crippen LogP contribution in [0.3, 0.4) is 0 Å². The molecule has 3 nitrogen and oxygen atoms in total. The maximum atomic E-state index is 8.81. The number of hydrogen-bond acceptors (Lipinski definition) is 3. The fourth-order valence-electron chi connectivity index (χ4n) is 1.37. The van der Waals surface area contributed by atoms with Crippen molar-refractivity contribution in [1.29, 1.82) is 10.7 Å². The quantitative estimate of drug-likeness (QED) is 0.738. The number of rotatable bonds is 3. The topological polar surface area (TPSA) is 59.7 Å². The van der Waals surface area contributed by atoms with Crippen molar-refractivity contribution >= 4 is 11.4 Å². The molecule has 15 heavy (non-hydrogen) atoms. The van der Waals surface area contributed by atoms with Gasteiger partial charge in [-0.1, -0.05) is 13.8 Å². The first-order valence-electron chi connectivity index (χ1n) is 4.91. The molecule has 78 valence electrons. The predicted molar refractivity (Wildman–Crippen MR) is 62.4 cm³/mol. The summed E-state index contributed by atoms with van der Waals surface area (Å²) in [6, 6.07) is 7.44. The van der Waals surface area contributed by atoms with Gasteiger partial charge >= 0.3 is 0 Å². The Labute approximate surface area is 90.2 Å². The molecule has 3 heteroatoms. The fraction of sp³-hybridized carbons (Fsp3) is 0.333. The molecule has 1 rings (SSSR count). The van der Waals surface area contributed by atoms with Crippen LogP contribution >= 0.6 is 0 Å². The number of benzene rings is 1. The molecule has 0 aliphatic rings. The van der Waals surface area contributed by atoms with Crippen LogP contribution in [0.5, 0.6) is 0 Å². The first-order chi connectivity index (χ1) is 7.10. The predicted octanol–water partition coefficient (Wildman–Crippen LogP) is 2.62. The molecular formula is C12H15N3. The zero-order valence-corrected chi connectivity index (χ0v) is 9.26. The summed E-state index contributed by atoms with van der Waals surface area (Å²) < 4.78 is 0. The summed E-state index contributed by atoms with van der Waals surface area (Å²) in [5.74, 6) is 0.158. The number of anilines is 1. The maximum Gasteiger partial charge on any atom is 0.0991 e. The largest absolute Gasteiger partial charge is 0.388 e. The molecule has 0 bridgehead atoms. The van der Waals surface area contributed by atoms with E-state index in [-0.39, 0.29) is 5.92 Å². The van der Waals surface area contributed by atoms with E-state index in [1.807, 2.05) is 27.0 Å². The lowest BCUT2D eigenvalue weighted by Crippen LogP contribution is -2.10. The molecule has 0 radical (unpaired) electrons. The standard InChI is InChI=1S/C12H15N3/c1-8(2)12(14)10-6-9(7-13)4-5-11(10)15-3/h4-6,8,14-15H,1-3H3. The van der Waals surface area contributed by atoms with E-state index in [4.69, 9.17) is 10.7 Å². The molecule has 0 spiro atoms. The van der Waals surface area contributed by atoms with Gasteiger partial charge in [0.2, 0.25) is 0 Å². The Hall–Kier alpha value is -1.82. The molecule has 0 saturated carbocycles. The number of nitrogens with one attached hydrogen (secondary N) is 2. The molecule has 1 aromatic carbocycles. The third-order valence-corrected chi connectivity index (χ3v) is 2.29. The van der Waals surface area contributed by atoms with Crippen LogP contribution in [0, 0.1) is 22.7 Å². The minimum atomic E-state index is 0.158. The molecule has 0 saturated heterocycles. The molecule has 0 amide bonds. The average Bonchev–Trinajstić information content (AvgIpc) is 2.27. The van der Waals surface area contributed by atoms with Gasteiger partial charge in [-0.2, -0.15) is 5.26 Å². The molecular weight excluding hydrogens is 186 g/mol. The van der Waals surface area contributed by atoms with E-state index in [9.17, 15) is 0 Å². The molecule has 0 heterocycles. The number of hydrogen-bond donors (Lipinski definition) is 2. The molecule has 0 unspecified atom stereocenters. The van der Waals surface area contributed by atoms with Crippen LogP contribution in [0.15, 0.2) is 18.2 Å². The molecule has 1 aromatic rings. The van der Waals surface area contributed by atoms with Gasteiger partial charge in [-0.15, -0.1) is 0 Å². The lowest BCUT2D eigenvalue weighted by atomic mass is 9.97. The Kier molecular flexibility index (Phi) is 3.46. The Balaban J connectivity index is 3.25. The van der Waals surface area contributed by atoms with Crippen molar-refractivity contribution in [3.8, 4) is 6.07 Å². The molecule has 0 aliphatic carbocycles. The number of nitrogens with zero attached hydrogens (tertiary/aromatic N) is 1. The second-order valence-electron chi connectivity index (χ2n) is 3.69. The smallest absolute Gasteiger partial charge is 0.0991 e. The van der Waals surface area contributed by atoms with Crippen molar-refractivity contribution in [1.82, 2.24) is 0 Å². The normalized spacial score (nSPS) is 9.80. The van der Waals surface area contributed by atoms with Crippen molar-refractivity contribution in [2.45, 2.75) is 13.8 Å². The van der Waals surface area contributed by atoms with E-state index >= 15 is 0 Å². The van der Waals surface area contributed by atoms with Gasteiger partial charge in [0, 0.05) is 24.0 Å². The van der Waals surface area contributed by atoms with Crippen LogP contribution < -0.4 is 5.32 Å². The first kappa shape index (κ1) is 11.3. The zero-order chi connectivity index (χ0) is 11.4. The highest BCUT2D eigenvalue weighted by molar-refractivity contribution is 6.04. The van der Waals surface area contributed by atoms with E-state index in [0.29, 0.717) is 11.3 Å². The third kappa shape index (κ3) is 2.35. The van der Waals surface area contributed by atoms with Crippen molar-refractivity contribution in [2.24, 2.45) is 5.92 Å². The molecule has 0 aromatic heterocycles. The molecule has 2 N–H and O–H groups in total. The van der Waals surface area contributed by atoms with E-state index in [0.717, 1.165) is 11.3 Å². The molecule has 0 aliphatic heterocycles. The fourth-order valence-corrected chi connectivity index (χ4v) is 1.37. The van der Waals surface area contributed by atoms with Gasteiger partial charge in [0.25, 0.3) is 0 Å². The van der Waals surface area contributed by atoms with Crippen LogP contribution in [0.4, 0.5) is 5.69 Å². The third-order valence-electron chi connectivity index (χ3n) is 2.29. The highest BCUT2D eigenvalue weighted by Crippen LogP contribution is 2.20. The Morgan fingerprint density at radius 2 is 2.13 bits per heavy atom. The minimum Gasteiger partial charge on any atom is -0.388 e. The van der Waals surface area contributed by atoms with E-state index in [2.05, 4.69) is 11.4 Å². The summed E-state index contributed by atoms with van der Waals surface area (Å²) in [6.45, 7) is 3.95. The summed E-state index contributed by atoms with van der Waals surface area (Å²) in [5.41, 5.74) is 2.85. The first-order valence-corrected chi connectivity index (χ1v) is 4.91. The van der Waals surface area contributed by atoms with Crippen LogP contribution in [0.1, 0.15) is 25.0 Å². The highest BCUT2D eigenvalue weighted by Gasteiger charge is 2.11. The second kappa shape index (κ2) is 4.61. The Morgan fingerprint density at radius 1 is 1.47 bits per heavy atom. The van der Waals surface area contributed by atoms with Gasteiger partial charge in [-0.25, -0.2) is 0 Å². The molecule has 0 atom stereocenters. The van der Waals surface area contributed by atoms with Crippen molar-refractivity contribution in [2.75, 3.05) is 12.4 Å². The van der Waals surface area contributed by atoms with Gasteiger partial charge in [0.1, 0.15) is 0 Å². The van der Waals surface area contributed by atoms with Crippen molar-refractivity contribution in [3.63, 3.8) is 0 Å². The highest BCUT2D eigenvalue weighted by atomic mass is 14.8. The summed E-state index contributed by atoms with van der Waals surface area (Å²) in [4.78, 5) is 0. The van der Waals surface area contributed by atoms with Gasteiger partial charge < -0.3 is 10.7 Å². The van der Waals surface area contributed by atoms with Crippen LogP contribution in [-0.4, -0.2) is 12.8 Å². The van der Waals surface area contributed by atoms with E-state index in [1.54, 1.807) is 12.1 Å². The summed E-state index contributed by atoms with van der Waals surface area (Å²) in [5, 5.41) is 19.8. The Bertz CT molecular complexity index is 413. The minimum absolute atomic E-state index is 0.158. The maximum absolute atomic E-state index is 8.81. The lowest BCUT2D eigenvalue weighted by Gasteiger charge is -2.13. The van der Waals surface area contributed by atoms with Gasteiger partial charge in [0.15, 0.2) is 0 Å². The number of nitriles is 1. The Morgan fingerprint density at radius 3 is 2.60 bits per heavy atom. The van der Waals surface area contributed by atoms with Gasteiger partial charge in [-0.3, -0.25) is 0 Å². The summed E-state index contributed by atoms with van der Waals surface area (Å²) >= 11 is 0. The van der Waals surface area contributed by atoms with Gasteiger partial charge in [0.05, 0.1) is 11.6 Å². The summed E-state index contributed by atoms with van der Waals surface area (Å²) in [7, 11) is 1.82. The monoisotopic (exact) mass is 201 g/mol.